The molecule has 0 bridgehead atoms. The van der Waals surface area contributed by atoms with Crippen molar-refractivity contribution in [2.24, 2.45) is 11.1 Å². The highest BCUT2D eigenvalue weighted by Gasteiger charge is 2.31. The highest BCUT2D eigenvalue weighted by molar-refractivity contribution is 4.92. The molecule has 1 heteroatoms. The number of rotatable bonds is 5. The molecule has 0 aromatic rings. The van der Waals surface area contributed by atoms with Crippen LogP contribution in [0.5, 0.6) is 0 Å². The van der Waals surface area contributed by atoms with Gasteiger partial charge in [0.2, 0.25) is 0 Å². The Balaban J connectivity index is 4.08. The molecule has 0 heterocycles. The number of hydrogen-bond donors (Lipinski definition) is 1. The summed E-state index contributed by atoms with van der Waals surface area (Å²) in [5.41, 5.74) is 6.33. The fourth-order valence-electron chi connectivity index (χ4n) is 2.24. The van der Waals surface area contributed by atoms with Crippen LogP contribution < -0.4 is 5.73 Å². The molecule has 0 aliphatic carbocycles. The molecule has 0 fully saturated rings. The zero-order valence-corrected chi connectivity index (χ0v) is 10.2. The van der Waals surface area contributed by atoms with Gasteiger partial charge in [-0.05, 0) is 27.2 Å². The molecule has 2 N–H and O–H groups in total. The molecule has 13 heavy (non-hydrogen) atoms. The SMILES string of the molecule is CC[C+](C)CC(C)(C)CC(C)(C)N. The minimum Gasteiger partial charge on any atom is -0.326 e. The monoisotopic (exact) mass is 184 g/mol. The Morgan fingerprint density at radius 2 is 1.62 bits per heavy atom. The van der Waals surface area contributed by atoms with E-state index in [-0.39, 0.29) is 5.54 Å². The third kappa shape index (κ3) is 6.94. The molecule has 0 aromatic heterocycles. The molecule has 0 amide bonds. The van der Waals surface area contributed by atoms with E-state index in [0.717, 1.165) is 6.42 Å². The third-order valence-corrected chi connectivity index (χ3v) is 2.32. The summed E-state index contributed by atoms with van der Waals surface area (Å²) in [6.45, 7) is 13.3. The molecule has 0 unspecified atom stereocenters. The third-order valence-electron chi connectivity index (χ3n) is 2.32. The van der Waals surface area contributed by atoms with Crippen molar-refractivity contribution in [2.45, 2.75) is 66.3 Å². The first-order valence-electron chi connectivity index (χ1n) is 5.26. The average Bonchev–Trinajstić information content (AvgIpc) is 1.80. The maximum atomic E-state index is 6.03. The van der Waals surface area contributed by atoms with E-state index in [9.17, 15) is 0 Å². The molecular formula is C12H26N+. The van der Waals surface area contributed by atoms with Gasteiger partial charge in [0.25, 0.3) is 0 Å². The fraction of sp³-hybridized carbons (Fsp3) is 0.917. The second-order valence-electron chi connectivity index (χ2n) is 5.82. The maximum Gasteiger partial charge on any atom is 0.0948 e. The van der Waals surface area contributed by atoms with E-state index in [1.165, 1.54) is 12.8 Å². The molecule has 0 atom stereocenters. The van der Waals surface area contributed by atoms with Gasteiger partial charge >= 0.3 is 0 Å². The fourth-order valence-corrected chi connectivity index (χ4v) is 2.24. The van der Waals surface area contributed by atoms with Crippen LogP contribution >= 0.6 is 0 Å². The molecule has 1 nitrogen and oxygen atoms in total. The van der Waals surface area contributed by atoms with Crippen molar-refractivity contribution in [1.29, 1.82) is 0 Å². The van der Waals surface area contributed by atoms with E-state index in [1.807, 2.05) is 0 Å². The lowest BCUT2D eigenvalue weighted by Crippen LogP contribution is -2.37. The quantitative estimate of drug-likeness (QED) is 0.650. The first-order valence-corrected chi connectivity index (χ1v) is 5.26. The zero-order valence-electron chi connectivity index (χ0n) is 10.2. The normalized spacial score (nSPS) is 13.2. The van der Waals surface area contributed by atoms with E-state index in [2.05, 4.69) is 41.5 Å². The van der Waals surface area contributed by atoms with Crippen LogP contribution in [0.3, 0.4) is 0 Å². The van der Waals surface area contributed by atoms with Crippen LogP contribution in [0.4, 0.5) is 0 Å². The summed E-state index contributed by atoms with van der Waals surface area (Å²) in [5.74, 6) is 1.58. The Morgan fingerprint density at radius 1 is 1.15 bits per heavy atom. The lowest BCUT2D eigenvalue weighted by molar-refractivity contribution is 0.245. The minimum atomic E-state index is -0.0441. The van der Waals surface area contributed by atoms with Gasteiger partial charge in [-0.3, -0.25) is 0 Å². The Hall–Kier alpha value is -0.170. The van der Waals surface area contributed by atoms with Crippen molar-refractivity contribution in [2.75, 3.05) is 0 Å². The molecule has 0 aromatic carbocycles. The van der Waals surface area contributed by atoms with Crippen LogP contribution in [0.15, 0.2) is 0 Å². The largest absolute Gasteiger partial charge is 0.326 e. The molecule has 0 radical (unpaired) electrons. The van der Waals surface area contributed by atoms with Crippen molar-refractivity contribution in [1.82, 2.24) is 0 Å². The van der Waals surface area contributed by atoms with Crippen LogP contribution in [-0.4, -0.2) is 5.54 Å². The van der Waals surface area contributed by atoms with Gasteiger partial charge in [0.1, 0.15) is 0 Å². The Bertz CT molecular complexity index is 142. The van der Waals surface area contributed by atoms with Crippen LogP contribution in [0.25, 0.3) is 0 Å². The van der Waals surface area contributed by atoms with Crippen LogP contribution in [0.2, 0.25) is 0 Å². The highest BCUT2D eigenvalue weighted by Crippen LogP contribution is 2.34. The average molecular weight is 184 g/mol. The summed E-state index contributed by atoms with van der Waals surface area (Å²) in [7, 11) is 0. The number of hydrogen-bond acceptors (Lipinski definition) is 1. The first kappa shape index (κ1) is 12.8. The van der Waals surface area contributed by atoms with E-state index in [1.54, 1.807) is 5.92 Å². The van der Waals surface area contributed by atoms with Crippen LogP contribution in [0.1, 0.15) is 60.8 Å². The van der Waals surface area contributed by atoms with Gasteiger partial charge in [0, 0.05) is 11.0 Å². The van der Waals surface area contributed by atoms with Gasteiger partial charge in [-0.25, -0.2) is 0 Å². The second-order valence-corrected chi connectivity index (χ2v) is 5.82. The van der Waals surface area contributed by atoms with Gasteiger partial charge in [0.15, 0.2) is 0 Å². The summed E-state index contributed by atoms with van der Waals surface area (Å²) in [4.78, 5) is 0. The molecule has 78 valence electrons. The van der Waals surface area contributed by atoms with Crippen molar-refractivity contribution in [3.8, 4) is 0 Å². The molecule has 0 aliphatic heterocycles. The second kappa shape index (κ2) is 4.36. The van der Waals surface area contributed by atoms with Gasteiger partial charge in [-0.1, -0.05) is 13.8 Å². The Morgan fingerprint density at radius 3 is 1.92 bits per heavy atom. The standard InChI is InChI=1S/C12H26N/c1-7-10(2)8-11(3,4)9-12(5,6)13/h7-9,13H2,1-6H3/q+1. The van der Waals surface area contributed by atoms with Crippen molar-refractivity contribution in [3.63, 3.8) is 0 Å². The molecule has 0 saturated carbocycles. The summed E-state index contributed by atoms with van der Waals surface area (Å²) in [5, 5.41) is 0. The van der Waals surface area contributed by atoms with Crippen molar-refractivity contribution < 1.29 is 0 Å². The lowest BCUT2D eigenvalue weighted by atomic mass is 9.74. The van der Waals surface area contributed by atoms with E-state index >= 15 is 0 Å². The highest BCUT2D eigenvalue weighted by atomic mass is 14.7. The lowest BCUT2D eigenvalue weighted by Gasteiger charge is -2.30. The molecule has 0 saturated heterocycles. The van der Waals surface area contributed by atoms with Gasteiger partial charge in [-0.15, -0.1) is 0 Å². The predicted molar refractivity (Wildman–Crippen MR) is 60.5 cm³/mol. The number of nitrogens with two attached hydrogens (primary N) is 1. The van der Waals surface area contributed by atoms with Crippen molar-refractivity contribution >= 4 is 0 Å². The van der Waals surface area contributed by atoms with Crippen molar-refractivity contribution in [3.05, 3.63) is 5.92 Å². The van der Waals surface area contributed by atoms with Gasteiger partial charge in [-0.2, -0.15) is 0 Å². The molecule has 0 aliphatic rings. The predicted octanol–water partition coefficient (Wildman–Crippen LogP) is 3.53. The summed E-state index contributed by atoms with van der Waals surface area (Å²) < 4.78 is 0. The molecule has 0 rings (SSSR count). The summed E-state index contributed by atoms with van der Waals surface area (Å²) in [6.07, 6.45) is 3.47. The van der Waals surface area contributed by atoms with Crippen LogP contribution in [-0.2, 0) is 0 Å². The van der Waals surface area contributed by atoms with Crippen LogP contribution in [0, 0.1) is 11.3 Å². The molecule has 0 spiro atoms. The smallest absolute Gasteiger partial charge is 0.0948 e. The topological polar surface area (TPSA) is 26.0 Å². The minimum absolute atomic E-state index is 0.0441. The maximum absolute atomic E-state index is 6.03. The van der Waals surface area contributed by atoms with E-state index < -0.39 is 0 Å². The van der Waals surface area contributed by atoms with Gasteiger partial charge < -0.3 is 5.73 Å². The van der Waals surface area contributed by atoms with E-state index in [0.29, 0.717) is 5.41 Å². The molecular weight excluding hydrogens is 158 g/mol. The van der Waals surface area contributed by atoms with E-state index in [4.69, 9.17) is 5.73 Å². The summed E-state index contributed by atoms with van der Waals surface area (Å²) >= 11 is 0. The Labute approximate surface area is 84.1 Å². The first-order chi connectivity index (χ1) is 5.66. The summed E-state index contributed by atoms with van der Waals surface area (Å²) in [6, 6.07) is 0. The zero-order chi connectivity index (χ0) is 10.7. The van der Waals surface area contributed by atoms with Gasteiger partial charge in [0.05, 0.1) is 25.7 Å². The Kier molecular flexibility index (Phi) is 4.31.